The molecule has 0 radical (unpaired) electrons. The molecule has 0 aliphatic heterocycles. The summed E-state index contributed by atoms with van der Waals surface area (Å²) >= 11 is 18.0. The van der Waals surface area contributed by atoms with E-state index in [0.29, 0.717) is 26.2 Å². The number of para-hydroxylation sites is 1. The zero-order valence-corrected chi connectivity index (χ0v) is 14.5. The summed E-state index contributed by atoms with van der Waals surface area (Å²) in [5.41, 5.74) is 5.85. The molecule has 2 rings (SSSR count). The summed E-state index contributed by atoms with van der Waals surface area (Å²) in [5, 5.41) is 0.992. The van der Waals surface area contributed by atoms with Crippen LogP contribution in [0.25, 0.3) is 6.08 Å². The van der Waals surface area contributed by atoms with Crippen molar-refractivity contribution in [3.05, 3.63) is 68.7 Å². The Morgan fingerprint density at radius 2 is 1.83 bits per heavy atom. The number of carbonyl (C=O) groups is 2. The van der Waals surface area contributed by atoms with Gasteiger partial charge in [-0.15, -0.1) is 0 Å². The van der Waals surface area contributed by atoms with Crippen LogP contribution in [0.3, 0.4) is 0 Å². The fraction of sp³-hybridized carbons (Fsp3) is 0.0588. The molecule has 0 fully saturated rings. The van der Waals surface area contributed by atoms with Crippen LogP contribution in [-0.4, -0.2) is 18.3 Å². The third-order valence-corrected chi connectivity index (χ3v) is 3.99. The average molecular weight is 385 g/mol. The van der Waals surface area contributed by atoms with Gasteiger partial charge in [-0.3, -0.25) is 9.59 Å². The molecule has 0 saturated heterocycles. The van der Waals surface area contributed by atoms with E-state index in [9.17, 15) is 9.59 Å². The number of rotatable bonds is 6. The van der Waals surface area contributed by atoms with Crippen molar-refractivity contribution in [3.63, 3.8) is 0 Å². The van der Waals surface area contributed by atoms with Crippen molar-refractivity contribution in [1.29, 1.82) is 0 Å². The second kappa shape index (κ2) is 8.20. The molecule has 24 heavy (non-hydrogen) atoms. The quantitative estimate of drug-likeness (QED) is 0.456. The Bertz CT molecular complexity index is 819. The third kappa shape index (κ3) is 4.74. The monoisotopic (exact) mass is 383 g/mol. The van der Waals surface area contributed by atoms with Gasteiger partial charge in [0.15, 0.2) is 12.4 Å². The van der Waals surface area contributed by atoms with Crippen molar-refractivity contribution in [2.75, 3.05) is 6.61 Å². The molecule has 0 aliphatic carbocycles. The van der Waals surface area contributed by atoms with Crippen LogP contribution < -0.4 is 10.5 Å². The number of allylic oxidation sites excluding steroid dienone is 1. The van der Waals surface area contributed by atoms with Gasteiger partial charge in [0.1, 0.15) is 5.75 Å². The maximum Gasteiger partial charge on any atom is 0.255 e. The van der Waals surface area contributed by atoms with Gasteiger partial charge in [0.25, 0.3) is 5.91 Å². The molecule has 2 aromatic rings. The van der Waals surface area contributed by atoms with Gasteiger partial charge < -0.3 is 10.5 Å². The first-order valence-corrected chi connectivity index (χ1v) is 7.89. The molecule has 124 valence electrons. The van der Waals surface area contributed by atoms with Gasteiger partial charge in [-0.25, -0.2) is 0 Å². The van der Waals surface area contributed by atoms with Gasteiger partial charge in [-0.1, -0.05) is 46.9 Å². The van der Waals surface area contributed by atoms with E-state index in [1.807, 2.05) is 0 Å². The molecule has 0 unspecified atom stereocenters. The number of amides is 1. The highest BCUT2D eigenvalue weighted by molar-refractivity contribution is 6.44. The van der Waals surface area contributed by atoms with Crippen molar-refractivity contribution in [3.8, 4) is 5.75 Å². The maximum absolute atomic E-state index is 12.4. The van der Waals surface area contributed by atoms with E-state index in [2.05, 4.69) is 0 Å². The van der Waals surface area contributed by atoms with Crippen LogP contribution in [0.15, 0.2) is 42.5 Å². The van der Waals surface area contributed by atoms with Gasteiger partial charge in [0.2, 0.25) is 0 Å². The molecule has 7 heteroatoms. The number of ether oxygens (including phenoxy) is 1. The maximum atomic E-state index is 12.4. The zero-order valence-electron chi connectivity index (χ0n) is 12.3. The first kappa shape index (κ1) is 18.3. The highest BCUT2D eigenvalue weighted by atomic mass is 35.5. The van der Waals surface area contributed by atoms with Gasteiger partial charge >= 0.3 is 0 Å². The van der Waals surface area contributed by atoms with E-state index < -0.39 is 5.91 Å². The number of carbonyl (C=O) groups excluding carboxylic acids is 2. The van der Waals surface area contributed by atoms with E-state index in [1.165, 1.54) is 18.2 Å². The second-order valence-electron chi connectivity index (χ2n) is 4.74. The van der Waals surface area contributed by atoms with Gasteiger partial charge in [-0.2, -0.15) is 0 Å². The summed E-state index contributed by atoms with van der Waals surface area (Å²) in [6, 6.07) is 9.63. The first-order valence-electron chi connectivity index (χ1n) is 6.75. The molecule has 2 aromatic carbocycles. The minimum absolute atomic E-state index is 0.265. The summed E-state index contributed by atoms with van der Waals surface area (Å²) in [6.45, 7) is -0.316. The van der Waals surface area contributed by atoms with Gasteiger partial charge in [-0.05, 0) is 42.0 Å². The lowest BCUT2D eigenvalue weighted by atomic mass is 10.1. The van der Waals surface area contributed by atoms with E-state index in [-0.39, 0.29) is 18.1 Å². The topological polar surface area (TPSA) is 69.4 Å². The van der Waals surface area contributed by atoms with Crippen LogP contribution in [0.2, 0.25) is 15.1 Å². The second-order valence-corrected chi connectivity index (χ2v) is 5.96. The highest BCUT2D eigenvalue weighted by Gasteiger charge is 2.11. The minimum atomic E-state index is -0.631. The standard InChI is InChI=1S/C17H12Cl3NO3/c18-11-7-10(17(20)13(19)8-11)5-6-14(22)12-3-1-2-4-15(12)24-9-16(21)23/h1-8H,9H2,(H2,21,23)/b6-5+. The summed E-state index contributed by atoms with van der Waals surface area (Å²) in [4.78, 5) is 23.2. The Hall–Kier alpha value is -2.01. The van der Waals surface area contributed by atoms with Crippen LogP contribution in [0, 0.1) is 0 Å². The van der Waals surface area contributed by atoms with Crippen LogP contribution >= 0.6 is 34.8 Å². The van der Waals surface area contributed by atoms with Crippen LogP contribution in [0.1, 0.15) is 15.9 Å². The Morgan fingerprint density at radius 3 is 2.54 bits per heavy atom. The SMILES string of the molecule is NC(=O)COc1ccccc1C(=O)/C=C/c1cc(Cl)cc(Cl)c1Cl. The number of hydrogen-bond acceptors (Lipinski definition) is 3. The molecule has 1 amide bonds. The zero-order chi connectivity index (χ0) is 17.7. The molecule has 0 spiro atoms. The lowest BCUT2D eigenvalue weighted by Gasteiger charge is -2.08. The summed E-state index contributed by atoms with van der Waals surface area (Å²) in [6.07, 6.45) is 2.83. The highest BCUT2D eigenvalue weighted by Crippen LogP contribution is 2.30. The molecule has 0 saturated carbocycles. The van der Waals surface area contributed by atoms with E-state index in [0.717, 1.165) is 0 Å². The predicted octanol–water partition coefficient (Wildman–Crippen LogP) is 4.41. The number of hydrogen-bond donors (Lipinski definition) is 1. The van der Waals surface area contributed by atoms with Crippen molar-refractivity contribution in [2.24, 2.45) is 5.73 Å². The number of ketones is 1. The molecule has 4 nitrogen and oxygen atoms in total. The summed E-state index contributed by atoms with van der Waals surface area (Å²) in [7, 11) is 0. The summed E-state index contributed by atoms with van der Waals surface area (Å²) in [5.74, 6) is -0.698. The molecular formula is C17H12Cl3NO3. The number of halogens is 3. The molecule has 0 bridgehead atoms. The largest absolute Gasteiger partial charge is 0.483 e. The van der Waals surface area contributed by atoms with Gasteiger partial charge in [0.05, 0.1) is 15.6 Å². The van der Waals surface area contributed by atoms with Crippen LogP contribution in [0.4, 0.5) is 0 Å². The molecule has 2 N–H and O–H groups in total. The third-order valence-electron chi connectivity index (χ3n) is 2.96. The van der Waals surface area contributed by atoms with Crippen molar-refractivity contribution < 1.29 is 14.3 Å². The Balaban J connectivity index is 2.26. The minimum Gasteiger partial charge on any atom is -0.483 e. The molecule has 0 atom stereocenters. The van der Waals surface area contributed by atoms with Gasteiger partial charge in [0, 0.05) is 5.02 Å². The Labute approximate surface area is 153 Å². The Kier molecular flexibility index (Phi) is 6.26. The smallest absolute Gasteiger partial charge is 0.255 e. The van der Waals surface area contributed by atoms with Crippen molar-refractivity contribution in [1.82, 2.24) is 0 Å². The number of nitrogens with two attached hydrogens (primary N) is 1. The summed E-state index contributed by atoms with van der Waals surface area (Å²) < 4.78 is 5.24. The number of benzene rings is 2. The first-order chi connectivity index (χ1) is 11.4. The number of primary amides is 1. The van der Waals surface area contributed by atoms with Crippen molar-refractivity contribution in [2.45, 2.75) is 0 Å². The molecular weight excluding hydrogens is 373 g/mol. The predicted molar refractivity (Wildman–Crippen MR) is 96.0 cm³/mol. The van der Waals surface area contributed by atoms with E-state index >= 15 is 0 Å². The average Bonchev–Trinajstić information content (AvgIpc) is 2.54. The van der Waals surface area contributed by atoms with Crippen molar-refractivity contribution >= 4 is 52.6 Å². The normalized spacial score (nSPS) is 10.8. The molecule has 0 aliphatic rings. The fourth-order valence-corrected chi connectivity index (χ4v) is 2.58. The molecule has 0 aromatic heterocycles. The van der Waals surface area contributed by atoms with Crippen LogP contribution in [-0.2, 0) is 4.79 Å². The van der Waals surface area contributed by atoms with E-state index in [1.54, 1.807) is 30.3 Å². The fourth-order valence-electron chi connectivity index (χ4n) is 1.90. The Morgan fingerprint density at radius 1 is 1.12 bits per heavy atom. The lowest BCUT2D eigenvalue weighted by Crippen LogP contribution is -2.20. The molecule has 0 heterocycles. The van der Waals surface area contributed by atoms with Crippen LogP contribution in [0.5, 0.6) is 5.75 Å². The lowest BCUT2D eigenvalue weighted by molar-refractivity contribution is -0.119. The van der Waals surface area contributed by atoms with E-state index in [4.69, 9.17) is 45.3 Å².